The van der Waals surface area contributed by atoms with Gasteiger partial charge < -0.3 is 19.8 Å². The summed E-state index contributed by atoms with van der Waals surface area (Å²) in [6, 6.07) is 7.13. The number of benzene rings is 1. The van der Waals surface area contributed by atoms with E-state index < -0.39 is 0 Å². The summed E-state index contributed by atoms with van der Waals surface area (Å²) in [5.74, 6) is 1.34. The normalized spacial score (nSPS) is 18.7. The van der Waals surface area contributed by atoms with Crippen molar-refractivity contribution in [3.63, 3.8) is 0 Å². The van der Waals surface area contributed by atoms with E-state index >= 15 is 0 Å². The molecule has 0 aromatic heterocycles. The van der Waals surface area contributed by atoms with Crippen LogP contribution in [-0.2, 0) is 4.74 Å². The number of amides is 1. The number of nitrogens with one attached hydrogen (secondary N) is 1. The number of carbonyl (C=O) groups excluding carboxylic acids is 1. The number of ether oxygens (including phenoxy) is 2. The highest BCUT2D eigenvalue weighted by atomic mass is 16.5. The molecule has 1 aromatic carbocycles. The van der Waals surface area contributed by atoms with Gasteiger partial charge in [-0.05, 0) is 55.8 Å². The standard InChI is InChI=1S/C23H28N2O3.C2H6/c1-5-7-20(6-2)28-17-23(18(3)12-14-24)13-15-25(16-23)22(26)19-8-10-21(27-4)11-9-19;1-2/h5-12,14,24H,1-2,13,15-17H2,3-4H3;1-2H3/b18-12+,20-7+,24-14?;. The van der Waals surface area contributed by atoms with Crippen LogP contribution >= 0.6 is 0 Å². The minimum atomic E-state index is -0.344. The van der Waals surface area contributed by atoms with E-state index in [2.05, 4.69) is 13.2 Å². The minimum absolute atomic E-state index is 0.0160. The quantitative estimate of drug-likeness (QED) is 0.336. The maximum Gasteiger partial charge on any atom is 0.253 e. The Morgan fingerprint density at radius 2 is 1.90 bits per heavy atom. The van der Waals surface area contributed by atoms with Gasteiger partial charge in [0.2, 0.25) is 0 Å². The van der Waals surface area contributed by atoms with Crippen molar-refractivity contribution in [2.24, 2.45) is 5.41 Å². The Morgan fingerprint density at radius 1 is 1.23 bits per heavy atom. The fourth-order valence-electron chi connectivity index (χ4n) is 3.33. The van der Waals surface area contributed by atoms with Crippen molar-refractivity contribution >= 4 is 12.1 Å². The molecule has 1 aliphatic heterocycles. The van der Waals surface area contributed by atoms with Gasteiger partial charge in [0.25, 0.3) is 5.91 Å². The second kappa shape index (κ2) is 12.5. The first kappa shape index (κ1) is 25.0. The highest BCUT2D eigenvalue weighted by molar-refractivity contribution is 5.94. The fourth-order valence-corrected chi connectivity index (χ4v) is 3.33. The molecule has 1 saturated heterocycles. The Morgan fingerprint density at radius 3 is 2.43 bits per heavy atom. The van der Waals surface area contributed by atoms with Crippen molar-refractivity contribution in [2.75, 3.05) is 26.8 Å². The zero-order valence-corrected chi connectivity index (χ0v) is 18.6. The summed E-state index contributed by atoms with van der Waals surface area (Å²) in [7, 11) is 1.60. The predicted octanol–water partition coefficient (Wildman–Crippen LogP) is 5.42. The van der Waals surface area contributed by atoms with Crippen LogP contribution in [0.4, 0.5) is 0 Å². The number of carbonyl (C=O) groups is 1. The molecule has 162 valence electrons. The molecule has 0 bridgehead atoms. The molecule has 1 heterocycles. The lowest BCUT2D eigenvalue weighted by atomic mass is 9.80. The number of allylic oxidation sites excluding steroid dienone is 4. The molecule has 5 heteroatoms. The van der Waals surface area contributed by atoms with Gasteiger partial charge in [-0.15, -0.1) is 0 Å². The molecule has 1 atom stereocenters. The van der Waals surface area contributed by atoms with Crippen LogP contribution in [0.25, 0.3) is 0 Å². The molecule has 2 rings (SSSR count). The molecule has 1 fully saturated rings. The van der Waals surface area contributed by atoms with Crippen molar-refractivity contribution in [2.45, 2.75) is 27.2 Å². The number of hydrogen-bond acceptors (Lipinski definition) is 4. The third-order valence-corrected chi connectivity index (χ3v) is 5.15. The fraction of sp³-hybridized carbons (Fsp3) is 0.360. The summed E-state index contributed by atoms with van der Waals surface area (Å²) in [5, 5.41) is 7.43. The third-order valence-electron chi connectivity index (χ3n) is 5.15. The van der Waals surface area contributed by atoms with Gasteiger partial charge in [-0.3, -0.25) is 4.79 Å². The van der Waals surface area contributed by atoms with Gasteiger partial charge in [0, 0.05) is 30.3 Å². The first-order valence-electron chi connectivity index (χ1n) is 10.2. The topological polar surface area (TPSA) is 62.6 Å². The van der Waals surface area contributed by atoms with Gasteiger partial charge in [-0.1, -0.05) is 38.7 Å². The second-order valence-corrected chi connectivity index (χ2v) is 6.80. The first-order valence-corrected chi connectivity index (χ1v) is 10.2. The maximum atomic E-state index is 13.0. The Bertz CT molecular complexity index is 793. The molecule has 0 spiro atoms. The average Bonchev–Trinajstić information content (AvgIpc) is 3.23. The van der Waals surface area contributed by atoms with Crippen LogP contribution in [0.15, 0.2) is 73.1 Å². The third kappa shape index (κ3) is 6.21. The highest BCUT2D eigenvalue weighted by Gasteiger charge is 2.42. The van der Waals surface area contributed by atoms with E-state index in [1.807, 2.05) is 25.7 Å². The lowest BCUT2D eigenvalue weighted by Crippen LogP contribution is -2.35. The largest absolute Gasteiger partial charge is 0.497 e. The number of hydrogen-bond donors (Lipinski definition) is 1. The van der Waals surface area contributed by atoms with Crippen molar-refractivity contribution in [3.05, 3.63) is 78.6 Å². The molecule has 5 nitrogen and oxygen atoms in total. The highest BCUT2D eigenvalue weighted by Crippen LogP contribution is 2.39. The summed E-state index contributed by atoms with van der Waals surface area (Å²) in [6.45, 7) is 15.0. The van der Waals surface area contributed by atoms with Gasteiger partial charge in [0.1, 0.15) is 11.5 Å². The molecule has 1 aromatic rings. The van der Waals surface area contributed by atoms with Crippen molar-refractivity contribution in [3.8, 4) is 5.75 Å². The zero-order valence-electron chi connectivity index (χ0n) is 18.6. The maximum absolute atomic E-state index is 13.0. The molecule has 0 saturated carbocycles. The van der Waals surface area contributed by atoms with Crippen molar-refractivity contribution in [1.29, 1.82) is 5.41 Å². The van der Waals surface area contributed by atoms with E-state index in [0.717, 1.165) is 17.7 Å². The molecule has 1 N–H and O–H groups in total. The molecule has 30 heavy (non-hydrogen) atoms. The van der Waals surface area contributed by atoms with Gasteiger partial charge in [-0.25, -0.2) is 0 Å². The van der Waals surface area contributed by atoms with Crippen LogP contribution in [0.5, 0.6) is 5.75 Å². The van der Waals surface area contributed by atoms with E-state index in [-0.39, 0.29) is 11.3 Å². The summed E-state index contributed by atoms with van der Waals surface area (Å²) in [6.07, 6.45) is 8.86. The predicted molar refractivity (Wildman–Crippen MR) is 124 cm³/mol. The Balaban J connectivity index is 0.00000218. The molecule has 1 amide bonds. The van der Waals surface area contributed by atoms with Gasteiger partial charge >= 0.3 is 0 Å². The van der Waals surface area contributed by atoms with Gasteiger partial charge in [0.15, 0.2) is 0 Å². The van der Waals surface area contributed by atoms with Crippen molar-refractivity contribution < 1.29 is 14.3 Å². The van der Waals surface area contributed by atoms with E-state index in [1.165, 1.54) is 6.21 Å². The van der Waals surface area contributed by atoms with Crippen molar-refractivity contribution in [1.82, 2.24) is 4.90 Å². The number of nitrogens with zero attached hydrogens (tertiary/aromatic N) is 1. The van der Waals surface area contributed by atoms with E-state index in [1.54, 1.807) is 55.7 Å². The Kier molecular flexibility index (Phi) is 10.4. The van der Waals surface area contributed by atoms with E-state index in [0.29, 0.717) is 31.0 Å². The average molecular weight is 411 g/mol. The Hall–Kier alpha value is -3.08. The molecular formula is C25H34N2O3. The number of methoxy groups -OCH3 is 1. The van der Waals surface area contributed by atoms with Crippen LogP contribution in [0.2, 0.25) is 0 Å². The molecule has 0 radical (unpaired) electrons. The lowest BCUT2D eigenvalue weighted by molar-refractivity contribution is 0.0749. The Labute approximate surface area is 180 Å². The van der Waals surface area contributed by atoms with Crippen LogP contribution in [0.3, 0.4) is 0 Å². The summed E-state index contributed by atoms with van der Waals surface area (Å²) < 4.78 is 11.1. The molecular weight excluding hydrogens is 376 g/mol. The summed E-state index contributed by atoms with van der Waals surface area (Å²) in [5.41, 5.74) is 1.31. The van der Waals surface area contributed by atoms with Gasteiger partial charge in [0.05, 0.1) is 13.7 Å². The number of rotatable bonds is 9. The smallest absolute Gasteiger partial charge is 0.253 e. The van der Waals surface area contributed by atoms with Crippen LogP contribution < -0.4 is 4.74 Å². The van der Waals surface area contributed by atoms with E-state index in [4.69, 9.17) is 14.9 Å². The first-order chi connectivity index (χ1) is 14.5. The zero-order chi connectivity index (χ0) is 22.6. The van der Waals surface area contributed by atoms with E-state index in [9.17, 15) is 4.79 Å². The van der Waals surface area contributed by atoms with Crippen LogP contribution in [0.1, 0.15) is 37.6 Å². The molecule has 0 aliphatic carbocycles. The second-order valence-electron chi connectivity index (χ2n) is 6.80. The number of likely N-dealkylation sites (tertiary alicyclic amines) is 1. The van der Waals surface area contributed by atoms with Gasteiger partial charge in [-0.2, -0.15) is 0 Å². The lowest BCUT2D eigenvalue weighted by Gasteiger charge is -2.30. The summed E-state index contributed by atoms with van der Waals surface area (Å²) in [4.78, 5) is 14.8. The molecule has 1 unspecified atom stereocenters. The SMILES string of the molecule is C=C/C=C(\C=C)OCC1(/C(C)=C/C=N)CCN(C(=O)c2ccc(OC)cc2)C1.CC. The monoisotopic (exact) mass is 410 g/mol. The van der Waals surface area contributed by atoms with Crippen LogP contribution in [-0.4, -0.2) is 43.8 Å². The summed E-state index contributed by atoms with van der Waals surface area (Å²) >= 11 is 0. The molecule has 1 aliphatic rings. The minimum Gasteiger partial charge on any atom is -0.497 e. The van der Waals surface area contributed by atoms with Crippen LogP contribution in [0, 0.1) is 10.8 Å².